The zero-order chi connectivity index (χ0) is 22.1. The highest BCUT2D eigenvalue weighted by Gasteiger charge is 2.43. The summed E-state index contributed by atoms with van der Waals surface area (Å²) in [5.74, 6) is 0.622. The Bertz CT molecular complexity index is 1130. The van der Waals surface area contributed by atoms with Crippen LogP contribution in [0.5, 0.6) is 0 Å². The molecule has 8 heteroatoms. The number of nitrogens with zero attached hydrogens (tertiary/aromatic N) is 3. The van der Waals surface area contributed by atoms with Gasteiger partial charge in [0.1, 0.15) is 5.82 Å². The van der Waals surface area contributed by atoms with Crippen molar-refractivity contribution in [1.82, 2.24) is 9.88 Å². The number of carbonyl (C=O) groups excluding carboxylic acids is 2. The number of nitrogens with one attached hydrogen (secondary N) is 1. The Morgan fingerprint density at radius 3 is 2.75 bits per heavy atom. The van der Waals surface area contributed by atoms with Gasteiger partial charge in [0.15, 0.2) is 0 Å². The van der Waals surface area contributed by atoms with E-state index >= 15 is 0 Å². The zero-order valence-corrected chi connectivity index (χ0v) is 18.5. The molecular formula is C24H25N5O2S. The molecule has 2 fully saturated rings. The minimum Gasteiger partial charge on any atom is -0.397 e. The molecule has 2 aliphatic rings. The number of likely N-dealkylation sites (tertiary alicyclic amines) is 1. The molecule has 3 aromatic rings. The lowest BCUT2D eigenvalue weighted by Gasteiger charge is -2.24. The van der Waals surface area contributed by atoms with Crippen molar-refractivity contribution in [3.63, 3.8) is 0 Å². The topological polar surface area (TPSA) is 91.6 Å². The van der Waals surface area contributed by atoms with E-state index in [1.807, 2.05) is 46.7 Å². The summed E-state index contributed by atoms with van der Waals surface area (Å²) in [5, 5.41) is 4.94. The Morgan fingerprint density at radius 1 is 1.16 bits per heavy atom. The molecule has 0 aliphatic carbocycles. The van der Waals surface area contributed by atoms with Crippen molar-refractivity contribution in [2.45, 2.75) is 12.8 Å². The molecule has 2 amide bonds. The van der Waals surface area contributed by atoms with E-state index in [4.69, 9.17) is 5.73 Å². The summed E-state index contributed by atoms with van der Waals surface area (Å²) in [5.41, 5.74) is 8.87. The second-order valence-corrected chi connectivity index (χ2v) is 9.58. The van der Waals surface area contributed by atoms with E-state index < -0.39 is 0 Å². The van der Waals surface area contributed by atoms with Crippen LogP contribution in [-0.4, -0.2) is 48.4 Å². The third-order valence-corrected chi connectivity index (χ3v) is 7.42. The first-order valence-corrected chi connectivity index (χ1v) is 11.6. The fraction of sp³-hybridized carbons (Fsp3) is 0.292. The highest BCUT2D eigenvalue weighted by atomic mass is 32.1. The molecule has 5 rings (SSSR count). The summed E-state index contributed by atoms with van der Waals surface area (Å²) < 4.78 is 0. The molecule has 4 heterocycles. The third kappa shape index (κ3) is 3.93. The lowest BCUT2D eigenvalue weighted by atomic mass is 9.86. The van der Waals surface area contributed by atoms with Gasteiger partial charge in [-0.15, -0.1) is 11.3 Å². The molecule has 1 atom stereocenters. The normalized spacial score (nSPS) is 20.1. The van der Waals surface area contributed by atoms with Gasteiger partial charge in [0.05, 0.1) is 16.9 Å². The Hall–Kier alpha value is -3.39. The van der Waals surface area contributed by atoms with Gasteiger partial charge in [0.25, 0.3) is 5.91 Å². The number of pyridine rings is 1. The van der Waals surface area contributed by atoms with Crippen LogP contribution in [0.3, 0.4) is 0 Å². The first kappa shape index (κ1) is 20.5. The maximum atomic E-state index is 12.8. The smallest absolute Gasteiger partial charge is 0.257 e. The van der Waals surface area contributed by atoms with Gasteiger partial charge in [-0.25, -0.2) is 4.98 Å². The van der Waals surface area contributed by atoms with Gasteiger partial charge in [-0.3, -0.25) is 9.59 Å². The number of aromatic nitrogens is 1. The average molecular weight is 448 g/mol. The summed E-state index contributed by atoms with van der Waals surface area (Å²) in [6.45, 7) is 3.46. The van der Waals surface area contributed by atoms with Crippen LogP contribution in [0.15, 0.2) is 54.0 Å². The van der Waals surface area contributed by atoms with Gasteiger partial charge in [-0.1, -0.05) is 12.1 Å². The SMILES string of the molecule is Nc1ccc(-c2cccs2)cc1NC(=O)c1ccc(N2CCC3(CCN(C=O)C3)C2)nc1. The number of nitrogens with two attached hydrogens (primary N) is 1. The van der Waals surface area contributed by atoms with E-state index in [0.29, 0.717) is 16.9 Å². The zero-order valence-electron chi connectivity index (χ0n) is 17.7. The van der Waals surface area contributed by atoms with Gasteiger partial charge in [0, 0.05) is 42.7 Å². The van der Waals surface area contributed by atoms with E-state index in [2.05, 4.69) is 15.2 Å². The van der Waals surface area contributed by atoms with E-state index in [1.165, 1.54) is 0 Å². The highest BCUT2D eigenvalue weighted by molar-refractivity contribution is 7.13. The molecule has 2 aliphatic heterocycles. The van der Waals surface area contributed by atoms with Crippen molar-refractivity contribution in [3.05, 3.63) is 59.6 Å². The molecule has 0 bridgehead atoms. The van der Waals surface area contributed by atoms with Crippen LogP contribution >= 0.6 is 11.3 Å². The highest BCUT2D eigenvalue weighted by Crippen LogP contribution is 2.40. The van der Waals surface area contributed by atoms with Crippen LogP contribution in [0.1, 0.15) is 23.2 Å². The molecular weight excluding hydrogens is 422 g/mol. The maximum Gasteiger partial charge on any atom is 0.257 e. The molecule has 164 valence electrons. The molecule has 1 aromatic carbocycles. The van der Waals surface area contributed by atoms with Gasteiger partial charge in [-0.2, -0.15) is 0 Å². The van der Waals surface area contributed by atoms with E-state index in [0.717, 1.165) is 61.7 Å². The van der Waals surface area contributed by atoms with Gasteiger partial charge >= 0.3 is 0 Å². The summed E-state index contributed by atoms with van der Waals surface area (Å²) in [7, 11) is 0. The van der Waals surface area contributed by atoms with Gasteiger partial charge in [-0.05, 0) is 54.1 Å². The monoisotopic (exact) mass is 447 g/mol. The maximum absolute atomic E-state index is 12.8. The van der Waals surface area contributed by atoms with Crippen molar-refractivity contribution >= 4 is 40.8 Å². The molecule has 0 saturated carbocycles. The molecule has 2 saturated heterocycles. The predicted molar refractivity (Wildman–Crippen MR) is 128 cm³/mol. The predicted octanol–water partition coefficient (Wildman–Crippen LogP) is 3.70. The molecule has 0 radical (unpaired) electrons. The third-order valence-electron chi connectivity index (χ3n) is 6.50. The molecule has 3 N–H and O–H groups in total. The number of rotatable bonds is 5. The van der Waals surface area contributed by atoms with Gasteiger partial charge < -0.3 is 20.9 Å². The molecule has 1 unspecified atom stereocenters. The number of thiophene rings is 1. The van der Waals surface area contributed by atoms with E-state index in [-0.39, 0.29) is 11.3 Å². The lowest BCUT2D eigenvalue weighted by molar-refractivity contribution is -0.117. The van der Waals surface area contributed by atoms with Crippen LogP contribution < -0.4 is 16.0 Å². The number of nitrogen functional groups attached to an aromatic ring is 1. The molecule has 1 spiro atoms. The minimum absolute atomic E-state index is 0.170. The van der Waals surface area contributed by atoms with E-state index in [9.17, 15) is 9.59 Å². The van der Waals surface area contributed by atoms with Crippen molar-refractivity contribution in [2.75, 3.05) is 42.1 Å². The number of hydrogen-bond acceptors (Lipinski definition) is 6. The second-order valence-electron chi connectivity index (χ2n) is 8.64. The van der Waals surface area contributed by atoms with Crippen molar-refractivity contribution in [2.24, 2.45) is 5.41 Å². The molecule has 32 heavy (non-hydrogen) atoms. The van der Waals surface area contributed by atoms with E-state index in [1.54, 1.807) is 23.6 Å². The lowest BCUT2D eigenvalue weighted by Crippen LogP contribution is -2.30. The number of carbonyl (C=O) groups is 2. The number of benzene rings is 1. The van der Waals surface area contributed by atoms with Crippen LogP contribution in [0.4, 0.5) is 17.2 Å². The Labute approximate surface area is 190 Å². The average Bonchev–Trinajstić information content (AvgIpc) is 3.57. The summed E-state index contributed by atoms with van der Waals surface area (Å²) in [4.78, 5) is 33.7. The van der Waals surface area contributed by atoms with Crippen molar-refractivity contribution in [3.8, 4) is 10.4 Å². The first-order valence-electron chi connectivity index (χ1n) is 10.7. The van der Waals surface area contributed by atoms with Crippen LogP contribution in [0, 0.1) is 5.41 Å². The number of amides is 2. The summed E-state index contributed by atoms with van der Waals surface area (Å²) >= 11 is 1.64. The van der Waals surface area contributed by atoms with Crippen molar-refractivity contribution in [1.29, 1.82) is 0 Å². The molecule has 2 aromatic heterocycles. The van der Waals surface area contributed by atoms with Crippen LogP contribution in [-0.2, 0) is 4.79 Å². The Morgan fingerprint density at radius 2 is 2.03 bits per heavy atom. The second kappa shape index (κ2) is 8.27. The van der Waals surface area contributed by atoms with Gasteiger partial charge in [0.2, 0.25) is 6.41 Å². The molecule has 7 nitrogen and oxygen atoms in total. The summed E-state index contributed by atoms with van der Waals surface area (Å²) in [6.07, 6.45) is 4.66. The fourth-order valence-corrected chi connectivity index (χ4v) is 5.41. The standard InChI is InChI=1S/C24H25N5O2S/c25-19-5-3-17(21-2-1-11-32-21)12-20(19)27-23(31)18-4-6-22(26-13-18)29-10-8-24(15-29)7-9-28(14-24)16-30/h1-6,11-13,16H,7-10,14-15,25H2,(H,27,31). The van der Waals surface area contributed by atoms with Crippen LogP contribution in [0.2, 0.25) is 0 Å². The van der Waals surface area contributed by atoms with Crippen molar-refractivity contribution < 1.29 is 9.59 Å². The van der Waals surface area contributed by atoms with Crippen LogP contribution in [0.25, 0.3) is 10.4 Å². The Balaban J connectivity index is 1.26. The summed E-state index contributed by atoms with van der Waals surface area (Å²) in [6, 6.07) is 13.4. The first-order chi connectivity index (χ1) is 15.5. The Kier molecular flexibility index (Phi) is 5.30. The number of hydrogen-bond donors (Lipinski definition) is 2. The quantitative estimate of drug-likeness (QED) is 0.460. The largest absolute Gasteiger partial charge is 0.397 e. The fourth-order valence-electron chi connectivity index (χ4n) is 4.69. The minimum atomic E-state index is -0.241. The number of anilines is 3.